The minimum Gasteiger partial charge on any atom is -0.315 e. The van der Waals surface area contributed by atoms with Crippen molar-refractivity contribution >= 4 is 44.9 Å². The van der Waals surface area contributed by atoms with Crippen molar-refractivity contribution < 1.29 is 4.79 Å². The molecule has 3 rings (SSSR count). The van der Waals surface area contributed by atoms with E-state index >= 15 is 0 Å². The molecule has 7 heteroatoms. The van der Waals surface area contributed by atoms with E-state index in [2.05, 4.69) is 6.58 Å². The second-order valence-electron chi connectivity index (χ2n) is 6.56. The highest BCUT2D eigenvalue weighted by Crippen LogP contribution is 2.30. The molecule has 2 aromatic heterocycles. The van der Waals surface area contributed by atoms with Gasteiger partial charge in [0.15, 0.2) is 5.16 Å². The van der Waals surface area contributed by atoms with Crippen LogP contribution in [0.2, 0.25) is 0 Å². The molecule has 0 N–H and O–H groups in total. The van der Waals surface area contributed by atoms with Gasteiger partial charge in [-0.3, -0.25) is 14.2 Å². The summed E-state index contributed by atoms with van der Waals surface area (Å²) in [5.74, 6) is -0.0470. The molecule has 2 heterocycles. The molecule has 1 aromatic carbocycles. The summed E-state index contributed by atoms with van der Waals surface area (Å²) >= 11 is 2.82. The summed E-state index contributed by atoms with van der Waals surface area (Å²) < 4.78 is 1.60. The molecule has 1 amide bonds. The molecule has 0 spiro atoms. The lowest BCUT2D eigenvalue weighted by Gasteiger charge is -2.21. The Morgan fingerprint density at radius 1 is 1.36 bits per heavy atom. The molecule has 0 aliphatic carbocycles. The first-order valence-corrected chi connectivity index (χ1v) is 10.7. The Morgan fingerprint density at radius 3 is 2.68 bits per heavy atom. The molecule has 28 heavy (non-hydrogen) atoms. The van der Waals surface area contributed by atoms with Crippen molar-refractivity contribution in [3.8, 4) is 0 Å². The molecule has 0 saturated heterocycles. The van der Waals surface area contributed by atoms with Crippen LogP contribution in [0.4, 0.5) is 5.69 Å². The molecule has 1 unspecified atom stereocenters. The number of thioether (sulfide) groups is 1. The van der Waals surface area contributed by atoms with Crippen molar-refractivity contribution in [3.05, 3.63) is 63.8 Å². The fraction of sp³-hybridized carbons (Fsp3) is 0.286. The van der Waals surface area contributed by atoms with Crippen molar-refractivity contribution in [1.82, 2.24) is 9.55 Å². The van der Waals surface area contributed by atoms with E-state index in [1.54, 1.807) is 22.6 Å². The fourth-order valence-corrected chi connectivity index (χ4v) is 5.03. The summed E-state index contributed by atoms with van der Waals surface area (Å²) in [6, 6.07) is 9.50. The van der Waals surface area contributed by atoms with Gasteiger partial charge in [0.1, 0.15) is 4.83 Å². The van der Waals surface area contributed by atoms with Crippen molar-refractivity contribution in [2.75, 3.05) is 11.9 Å². The highest BCUT2D eigenvalue weighted by Gasteiger charge is 2.23. The second-order valence-corrected chi connectivity index (χ2v) is 9.07. The number of para-hydroxylation sites is 1. The molecular formula is C21H23N3O2S2. The monoisotopic (exact) mass is 413 g/mol. The summed E-state index contributed by atoms with van der Waals surface area (Å²) in [5.41, 5.74) is 1.72. The number of fused-ring (bicyclic) bond motifs is 1. The third-order valence-corrected chi connectivity index (χ3v) is 6.85. The van der Waals surface area contributed by atoms with E-state index in [0.29, 0.717) is 17.1 Å². The average Bonchev–Trinajstić information content (AvgIpc) is 2.98. The van der Waals surface area contributed by atoms with Gasteiger partial charge < -0.3 is 4.90 Å². The van der Waals surface area contributed by atoms with E-state index < -0.39 is 5.25 Å². The summed E-state index contributed by atoms with van der Waals surface area (Å²) in [6.07, 6.45) is 1.68. The molecule has 1 atom stereocenters. The molecule has 3 aromatic rings. The quantitative estimate of drug-likeness (QED) is 0.341. The lowest BCUT2D eigenvalue weighted by Crippen LogP contribution is -2.34. The van der Waals surface area contributed by atoms with Crippen LogP contribution in [0.1, 0.15) is 17.4 Å². The molecule has 0 fully saturated rings. The maximum atomic E-state index is 13.1. The summed E-state index contributed by atoms with van der Waals surface area (Å²) in [4.78, 5) is 34.1. The van der Waals surface area contributed by atoms with Crippen molar-refractivity contribution in [2.24, 2.45) is 0 Å². The minimum absolute atomic E-state index is 0.0470. The molecule has 0 bridgehead atoms. The van der Waals surface area contributed by atoms with Crippen LogP contribution in [0.15, 0.2) is 52.9 Å². The van der Waals surface area contributed by atoms with Crippen LogP contribution in [-0.4, -0.2) is 27.8 Å². The summed E-state index contributed by atoms with van der Waals surface area (Å²) in [7, 11) is 1.76. The number of amides is 1. The van der Waals surface area contributed by atoms with Gasteiger partial charge in [-0.25, -0.2) is 4.98 Å². The number of hydrogen-bond donors (Lipinski definition) is 0. The predicted molar refractivity (Wildman–Crippen MR) is 119 cm³/mol. The number of thiophene rings is 1. The Kier molecular flexibility index (Phi) is 6.05. The Balaban J connectivity index is 1.96. The van der Waals surface area contributed by atoms with E-state index in [1.807, 2.05) is 51.1 Å². The van der Waals surface area contributed by atoms with Crippen LogP contribution in [0.3, 0.4) is 0 Å². The first-order valence-electron chi connectivity index (χ1n) is 8.95. The van der Waals surface area contributed by atoms with Crippen LogP contribution in [0.25, 0.3) is 10.2 Å². The average molecular weight is 414 g/mol. The zero-order valence-electron chi connectivity index (χ0n) is 16.4. The SMILES string of the molecule is C=CCn1c(SC(C)C(=O)N(C)c2ccccc2)nc2sc(C)c(C)c2c1=O. The normalized spacial score (nSPS) is 12.1. The zero-order chi connectivity index (χ0) is 20.4. The Morgan fingerprint density at radius 2 is 2.04 bits per heavy atom. The maximum Gasteiger partial charge on any atom is 0.263 e. The van der Waals surface area contributed by atoms with Gasteiger partial charge >= 0.3 is 0 Å². The smallest absolute Gasteiger partial charge is 0.263 e. The van der Waals surface area contributed by atoms with Gasteiger partial charge in [-0.15, -0.1) is 17.9 Å². The van der Waals surface area contributed by atoms with Gasteiger partial charge in [0, 0.05) is 24.2 Å². The molecule has 0 saturated carbocycles. The standard InChI is InChI=1S/C21H23N3O2S2/c1-6-12-24-20(26)17-13(2)14(3)27-18(17)22-21(24)28-15(4)19(25)23(5)16-10-8-7-9-11-16/h6-11,15H,1,12H2,2-5H3. The minimum atomic E-state index is -0.396. The van der Waals surface area contributed by atoms with Crippen molar-refractivity contribution in [2.45, 2.75) is 37.7 Å². The van der Waals surface area contributed by atoms with Crippen LogP contribution in [0, 0.1) is 13.8 Å². The van der Waals surface area contributed by atoms with Gasteiger partial charge in [-0.05, 0) is 38.5 Å². The van der Waals surface area contributed by atoms with Gasteiger partial charge in [-0.2, -0.15) is 0 Å². The molecule has 5 nitrogen and oxygen atoms in total. The first-order chi connectivity index (χ1) is 13.3. The van der Waals surface area contributed by atoms with Crippen molar-refractivity contribution in [3.63, 3.8) is 0 Å². The highest BCUT2D eigenvalue weighted by atomic mass is 32.2. The fourth-order valence-electron chi connectivity index (χ4n) is 2.95. The molecular weight excluding hydrogens is 390 g/mol. The number of carbonyl (C=O) groups excluding carboxylic acids is 1. The Bertz CT molecular complexity index is 1090. The number of nitrogens with zero attached hydrogens (tertiary/aromatic N) is 3. The van der Waals surface area contributed by atoms with E-state index in [4.69, 9.17) is 4.98 Å². The van der Waals surface area contributed by atoms with E-state index in [0.717, 1.165) is 21.0 Å². The van der Waals surface area contributed by atoms with Gasteiger partial charge in [0.25, 0.3) is 5.56 Å². The number of hydrogen-bond acceptors (Lipinski definition) is 5. The number of anilines is 1. The van der Waals surface area contributed by atoms with Crippen LogP contribution < -0.4 is 10.5 Å². The van der Waals surface area contributed by atoms with Gasteiger partial charge in [0.05, 0.1) is 10.6 Å². The summed E-state index contributed by atoms with van der Waals surface area (Å²) in [5, 5.41) is 0.808. The van der Waals surface area contributed by atoms with Crippen LogP contribution >= 0.6 is 23.1 Å². The zero-order valence-corrected chi connectivity index (χ0v) is 18.1. The van der Waals surface area contributed by atoms with Gasteiger partial charge in [-0.1, -0.05) is 36.0 Å². The Labute approximate surface area is 172 Å². The van der Waals surface area contributed by atoms with Gasteiger partial charge in [0.2, 0.25) is 5.91 Å². The lowest BCUT2D eigenvalue weighted by atomic mass is 10.2. The third kappa shape index (κ3) is 3.77. The number of rotatable bonds is 6. The van der Waals surface area contributed by atoms with E-state index in [-0.39, 0.29) is 11.5 Å². The lowest BCUT2D eigenvalue weighted by molar-refractivity contribution is -0.117. The van der Waals surface area contributed by atoms with Crippen LogP contribution in [-0.2, 0) is 11.3 Å². The number of benzene rings is 1. The first kappa shape index (κ1) is 20.4. The van der Waals surface area contributed by atoms with Crippen LogP contribution in [0.5, 0.6) is 0 Å². The topological polar surface area (TPSA) is 55.2 Å². The number of aromatic nitrogens is 2. The Hall–Kier alpha value is -2.38. The van der Waals surface area contributed by atoms with E-state index in [1.165, 1.54) is 23.1 Å². The largest absolute Gasteiger partial charge is 0.315 e. The molecule has 0 aliphatic rings. The number of aryl methyl sites for hydroxylation is 2. The molecule has 0 aliphatic heterocycles. The second kappa shape index (κ2) is 8.32. The predicted octanol–water partition coefficient (Wildman–Crippen LogP) is 4.40. The van der Waals surface area contributed by atoms with E-state index in [9.17, 15) is 9.59 Å². The maximum absolute atomic E-state index is 13.1. The highest BCUT2D eigenvalue weighted by molar-refractivity contribution is 8.00. The molecule has 0 radical (unpaired) electrons. The third-order valence-electron chi connectivity index (χ3n) is 4.67. The number of carbonyl (C=O) groups is 1. The van der Waals surface area contributed by atoms with Crippen molar-refractivity contribution in [1.29, 1.82) is 0 Å². The molecule has 146 valence electrons. The summed E-state index contributed by atoms with van der Waals surface area (Å²) in [6.45, 7) is 9.89. The number of allylic oxidation sites excluding steroid dienone is 1.